The average molecular weight is 429 g/mol. The van der Waals surface area contributed by atoms with Crippen molar-refractivity contribution >= 4 is 34.9 Å². The fraction of sp³-hybridized carbons (Fsp3) is 0.333. The number of morpholine rings is 1. The molecule has 0 aliphatic carbocycles. The highest BCUT2D eigenvalue weighted by Crippen LogP contribution is 2.27. The topological polar surface area (TPSA) is 87.7 Å². The number of benzene rings is 2. The molecule has 8 nitrogen and oxygen atoms in total. The number of nitrogens with one attached hydrogen (secondary N) is 1. The first-order valence-electron chi connectivity index (χ1n) is 9.93. The Hall–Kier alpha value is -2.97. The molecule has 1 fully saturated rings. The highest BCUT2D eigenvalue weighted by molar-refractivity contribution is 6.30. The van der Waals surface area contributed by atoms with Gasteiger partial charge in [0.05, 0.1) is 19.8 Å². The van der Waals surface area contributed by atoms with E-state index in [1.165, 1.54) is 0 Å². The second-order valence-corrected chi connectivity index (χ2v) is 7.26. The number of guanidine groups is 2. The van der Waals surface area contributed by atoms with Crippen LogP contribution in [0, 0.1) is 0 Å². The maximum Gasteiger partial charge on any atom is 0.222 e. The zero-order chi connectivity index (χ0) is 20.9. The van der Waals surface area contributed by atoms with Crippen molar-refractivity contribution in [2.75, 3.05) is 43.1 Å². The van der Waals surface area contributed by atoms with Crippen LogP contribution in [0.1, 0.15) is 6.92 Å². The predicted molar refractivity (Wildman–Crippen MR) is 120 cm³/mol. The average Bonchev–Trinajstić information content (AvgIpc) is 2.75. The van der Waals surface area contributed by atoms with E-state index in [9.17, 15) is 0 Å². The summed E-state index contributed by atoms with van der Waals surface area (Å²) in [4.78, 5) is 13.3. The molecule has 0 saturated carbocycles. The van der Waals surface area contributed by atoms with Crippen molar-refractivity contribution in [1.29, 1.82) is 0 Å². The predicted octanol–water partition coefficient (Wildman–Crippen LogP) is 2.96. The quantitative estimate of drug-likeness (QED) is 0.761. The molecule has 0 radical (unpaired) electrons. The summed E-state index contributed by atoms with van der Waals surface area (Å²) < 4.78 is 11.1. The fourth-order valence-corrected chi connectivity index (χ4v) is 3.60. The molecule has 1 atom stereocenters. The van der Waals surface area contributed by atoms with E-state index < -0.39 is 6.29 Å². The van der Waals surface area contributed by atoms with E-state index in [0.717, 1.165) is 36.2 Å². The first-order chi connectivity index (χ1) is 14.6. The van der Waals surface area contributed by atoms with Gasteiger partial charge in [0.1, 0.15) is 5.75 Å². The van der Waals surface area contributed by atoms with Gasteiger partial charge >= 0.3 is 0 Å². The Morgan fingerprint density at radius 2 is 1.97 bits per heavy atom. The highest BCUT2D eigenvalue weighted by Gasteiger charge is 2.32. The molecule has 0 spiro atoms. The number of anilines is 2. The van der Waals surface area contributed by atoms with E-state index in [0.29, 0.717) is 24.8 Å². The van der Waals surface area contributed by atoms with E-state index in [-0.39, 0.29) is 5.96 Å². The molecular formula is C21H25ClN6O2. The third kappa shape index (κ3) is 4.60. The zero-order valence-electron chi connectivity index (χ0n) is 16.8. The molecule has 0 aromatic heterocycles. The van der Waals surface area contributed by atoms with Crippen LogP contribution in [0.5, 0.6) is 5.75 Å². The summed E-state index contributed by atoms with van der Waals surface area (Å²) in [6.45, 7) is 5.31. The van der Waals surface area contributed by atoms with Crippen molar-refractivity contribution in [3.05, 3.63) is 53.6 Å². The highest BCUT2D eigenvalue weighted by atomic mass is 35.5. The van der Waals surface area contributed by atoms with Gasteiger partial charge in [0, 0.05) is 29.5 Å². The normalized spacial score (nSPS) is 19.2. The minimum atomic E-state index is -0.489. The lowest BCUT2D eigenvalue weighted by atomic mass is 10.2. The Labute approximate surface area is 180 Å². The van der Waals surface area contributed by atoms with E-state index in [1.807, 2.05) is 60.4 Å². The van der Waals surface area contributed by atoms with Gasteiger partial charge in [-0.1, -0.05) is 17.7 Å². The zero-order valence-corrected chi connectivity index (χ0v) is 17.5. The lowest BCUT2D eigenvalue weighted by Gasteiger charge is -2.41. The molecule has 2 aliphatic heterocycles. The summed E-state index contributed by atoms with van der Waals surface area (Å²) in [5.41, 5.74) is 7.85. The molecular weight excluding hydrogens is 404 g/mol. The first-order valence-corrected chi connectivity index (χ1v) is 10.3. The standard InChI is InChI=1S/C21H25ClN6O2/c1-2-30-18-8-6-17(7-9-18)28-20(24-16-5-3-4-15(22)14-16)25-19(23)26-21(28)27-10-12-29-13-11-27/h3-9,14,20,24H,2,10-13H2,1H3,(H2,23,25). The lowest BCUT2D eigenvalue weighted by Crippen LogP contribution is -2.57. The number of ether oxygens (including phenoxy) is 2. The van der Waals surface area contributed by atoms with Crippen LogP contribution in [0.3, 0.4) is 0 Å². The Morgan fingerprint density at radius 3 is 2.67 bits per heavy atom. The van der Waals surface area contributed by atoms with Crippen LogP contribution < -0.4 is 20.7 Å². The number of halogens is 1. The monoisotopic (exact) mass is 428 g/mol. The molecule has 9 heteroatoms. The molecule has 1 unspecified atom stereocenters. The third-order valence-corrected chi connectivity index (χ3v) is 5.00. The van der Waals surface area contributed by atoms with Gasteiger partial charge in [-0.2, -0.15) is 4.99 Å². The van der Waals surface area contributed by atoms with E-state index >= 15 is 0 Å². The summed E-state index contributed by atoms with van der Waals surface area (Å²) in [5.74, 6) is 1.76. The summed E-state index contributed by atoms with van der Waals surface area (Å²) in [6.07, 6.45) is -0.489. The molecule has 2 heterocycles. The van der Waals surface area contributed by atoms with Crippen LogP contribution >= 0.6 is 11.6 Å². The minimum Gasteiger partial charge on any atom is -0.494 e. The number of nitrogens with two attached hydrogens (primary N) is 1. The van der Waals surface area contributed by atoms with E-state index in [1.54, 1.807) is 0 Å². The minimum absolute atomic E-state index is 0.221. The van der Waals surface area contributed by atoms with Crippen LogP contribution in [0.4, 0.5) is 11.4 Å². The van der Waals surface area contributed by atoms with Crippen LogP contribution in [0.2, 0.25) is 5.02 Å². The fourth-order valence-electron chi connectivity index (χ4n) is 3.41. The molecule has 0 amide bonds. The van der Waals surface area contributed by atoms with E-state index in [2.05, 4.69) is 20.2 Å². The van der Waals surface area contributed by atoms with Crippen LogP contribution in [0.15, 0.2) is 58.5 Å². The number of rotatable bonds is 5. The van der Waals surface area contributed by atoms with Gasteiger partial charge in [-0.15, -0.1) is 0 Å². The summed E-state index contributed by atoms with van der Waals surface area (Å²) in [6, 6.07) is 15.4. The van der Waals surface area contributed by atoms with E-state index in [4.69, 9.17) is 26.8 Å². The van der Waals surface area contributed by atoms with Gasteiger partial charge in [0.15, 0.2) is 0 Å². The summed E-state index contributed by atoms with van der Waals surface area (Å²) in [5, 5.41) is 4.05. The van der Waals surface area contributed by atoms with Crippen molar-refractivity contribution in [3.63, 3.8) is 0 Å². The molecule has 30 heavy (non-hydrogen) atoms. The van der Waals surface area contributed by atoms with Gasteiger partial charge in [-0.05, 0) is 49.4 Å². The van der Waals surface area contributed by atoms with Crippen molar-refractivity contribution in [2.24, 2.45) is 15.7 Å². The van der Waals surface area contributed by atoms with Gasteiger partial charge < -0.3 is 25.4 Å². The molecule has 2 aromatic rings. The molecule has 2 aromatic carbocycles. The van der Waals surface area contributed by atoms with Gasteiger partial charge in [-0.25, -0.2) is 4.99 Å². The van der Waals surface area contributed by atoms with Crippen LogP contribution in [0.25, 0.3) is 0 Å². The number of nitrogens with zero attached hydrogens (tertiary/aromatic N) is 4. The van der Waals surface area contributed by atoms with Crippen molar-refractivity contribution in [2.45, 2.75) is 13.2 Å². The van der Waals surface area contributed by atoms with Gasteiger partial charge in [0.25, 0.3) is 0 Å². The molecule has 4 rings (SSSR count). The molecule has 0 bridgehead atoms. The Bertz CT molecular complexity index is 927. The number of hydrogen-bond acceptors (Lipinski definition) is 8. The second kappa shape index (κ2) is 9.23. The SMILES string of the molecule is CCOc1ccc(N2C(N3CCOCC3)=NC(N)=NC2Nc2cccc(Cl)c2)cc1. The maximum atomic E-state index is 6.17. The maximum absolute atomic E-state index is 6.17. The smallest absolute Gasteiger partial charge is 0.222 e. The summed E-state index contributed by atoms with van der Waals surface area (Å²) >= 11 is 6.17. The van der Waals surface area contributed by atoms with Crippen LogP contribution in [-0.4, -0.2) is 56.0 Å². The first kappa shape index (κ1) is 20.3. The summed E-state index contributed by atoms with van der Waals surface area (Å²) in [7, 11) is 0. The Morgan fingerprint density at radius 1 is 1.20 bits per heavy atom. The number of hydrogen-bond donors (Lipinski definition) is 2. The largest absolute Gasteiger partial charge is 0.494 e. The molecule has 158 valence electrons. The third-order valence-electron chi connectivity index (χ3n) is 4.77. The van der Waals surface area contributed by atoms with Gasteiger partial charge in [0.2, 0.25) is 18.2 Å². The second-order valence-electron chi connectivity index (χ2n) is 6.82. The Kier molecular flexibility index (Phi) is 6.25. The van der Waals surface area contributed by atoms with Crippen LogP contribution in [-0.2, 0) is 4.74 Å². The van der Waals surface area contributed by atoms with Crippen molar-refractivity contribution in [3.8, 4) is 5.75 Å². The molecule has 2 aliphatic rings. The van der Waals surface area contributed by atoms with Crippen molar-refractivity contribution in [1.82, 2.24) is 4.90 Å². The number of aliphatic imine (C=N–C) groups is 2. The Balaban J connectivity index is 1.69. The molecule has 3 N–H and O–H groups in total. The van der Waals surface area contributed by atoms with Gasteiger partial charge in [-0.3, -0.25) is 4.90 Å². The molecule has 1 saturated heterocycles. The van der Waals surface area contributed by atoms with Crippen molar-refractivity contribution < 1.29 is 9.47 Å². The lowest BCUT2D eigenvalue weighted by molar-refractivity contribution is 0.0671.